The molecular formula is C24H31N5O4S. The van der Waals surface area contributed by atoms with Crippen LogP contribution in [0.4, 0.5) is 16.4 Å². The van der Waals surface area contributed by atoms with E-state index in [-0.39, 0.29) is 28.2 Å². The Morgan fingerprint density at radius 3 is 2.53 bits per heavy atom. The molecule has 2 aromatic carbocycles. The number of carbonyl (C=O) groups is 1. The first-order valence-corrected chi connectivity index (χ1v) is 12.9. The van der Waals surface area contributed by atoms with E-state index in [1.54, 1.807) is 18.2 Å². The molecule has 10 heteroatoms. The SMILES string of the molecule is CCC(C)(C)NC(=O)Nc1nc2cc(OS(=O)(=O)c3ccc(NC4CCCC4)cc3)ccc2[nH]1. The third-order valence-electron chi connectivity index (χ3n) is 6.10. The van der Waals surface area contributed by atoms with Crippen LogP contribution in [0.1, 0.15) is 52.9 Å². The van der Waals surface area contributed by atoms with Gasteiger partial charge in [-0.2, -0.15) is 8.42 Å². The van der Waals surface area contributed by atoms with Crippen LogP contribution in [0.3, 0.4) is 0 Å². The van der Waals surface area contributed by atoms with Gasteiger partial charge in [0.25, 0.3) is 0 Å². The molecule has 4 N–H and O–H groups in total. The highest BCUT2D eigenvalue weighted by Gasteiger charge is 2.20. The van der Waals surface area contributed by atoms with Gasteiger partial charge in [0.15, 0.2) is 0 Å². The fraction of sp³-hybridized carbons (Fsp3) is 0.417. The van der Waals surface area contributed by atoms with Gasteiger partial charge in [-0.05, 0) is 69.5 Å². The Balaban J connectivity index is 1.43. The lowest BCUT2D eigenvalue weighted by Crippen LogP contribution is -2.45. The Labute approximate surface area is 199 Å². The van der Waals surface area contributed by atoms with E-state index in [0.717, 1.165) is 24.9 Å². The number of benzene rings is 2. The minimum Gasteiger partial charge on any atom is -0.382 e. The Morgan fingerprint density at radius 1 is 1.15 bits per heavy atom. The van der Waals surface area contributed by atoms with Crippen LogP contribution in [0.25, 0.3) is 11.0 Å². The first kappa shape index (κ1) is 23.9. The molecule has 4 rings (SSSR count). The molecule has 1 aromatic heterocycles. The molecule has 0 aliphatic heterocycles. The molecular weight excluding hydrogens is 454 g/mol. The van der Waals surface area contributed by atoms with Crippen molar-refractivity contribution >= 4 is 38.8 Å². The molecule has 0 bridgehead atoms. The largest absolute Gasteiger partial charge is 0.382 e. The monoisotopic (exact) mass is 485 g/mol. The number of rotatable bonds is 8. The number of nitrogens with one attached hydrogen (secondary N) is 4. The molecule has 1 saturated carbocycles. The van der Waals surface area contributed by atoms with Gasteiger partial charge in [0, 0.05) is 23.3 Å². The normalized spacial score (nSPS) is 14.8. The number of nitrogens with zero attached hydrogens (tertiary/aromatic N) is 1. The molecule has 0 atom stereocenters. The third-order valence-corrected chi connectivity index (χ3v) is 7.36. The average molecular weight is 486 g/mol. The maximum atomic E-state index is 12.8. The van der Waals surface area contributed by atoms with Crippen molar-refractivity contribution in [1.82, 2.24) is 15.3 Å². The second-order valence-corrected chi connectivity index (χ2v) is 10.8. The van der Waals surface area contributed by atoms with Gasteiger partial charge in [0.05, 0.1) is 11.0 Å². The van der Waals surface area contributed by atoms with E-state index in [1.807, 2.05) is 20.8 Å². The number of aromatic nitrogens is 2. The van der Waals surface area contributed by atoms with Crippen molar-refractivity contribution in [3.8, 4) is 5.75 Å². The minimum absolute atomic E-state index is 0.0733. The van der Waals surface area contributed by atoms with Crippen LogP contribution in [0, 0.1) is 0 Å². The molecule has 0 saturated heterocycles. The summed E-state index contributed by atoms with van der Waals surface area (Å²) in [5.41, 5.74) is 1.65. The van der Waals surface area contributed by atoms with Gasteiger partial charge >= 0.3 is 16.1 Å². The molecule has 1 fully saturated rings. The summed E-state index contributed by atoms with van der Waals surface area (Å²) >= 11 is 0. The first-order valence-electron chi connectivity index (χ1n) is 11.5. The number of aromatic amines is 1. The molecule has 9 nitrogen and oxygen atoms in total. The number of carbonyl (C=O) groups excluding carboxylic acids is 1. The summed E-state index contributed by atoms with van der Waals surface area (Å²) in [6.45, 7) is 5.84. The maximum absolute atomic E-state index is 12.8. The molecule has 34 heavy (non-hydrogen) atoms. The van der Waals surface area contributed by atoms with E-state index in [0.29, 0.717) is 17.1 Å². The zero-order valence-electron chi connectivity index (χ0n) is 19.6. The Kier molecular flexibility index (Phi) is 6.70. The van der Waals surface area contributed by atoms with Crippen molar-refractivity contribution < 1.29 is 17.4 Å². The molecule has 0 unspecified atom stereocenters. The van der Waals surface area contributed by atoms with Crippen LogP contribution >= 0.6 is 0 Å². The fourth-order valence-electron chi connectivity index (χ4n) is 3.83. The third kappa shape index (κ3) is 5.80. The summed E-state index contributed by atoms with van der Waals surface area (Å²) < 4.78 is 30.9. The smallest absolute Gasteiger partial charge is 0.339 e. The fourth-order valence-corrected chi connectivity index (χ4v) is 4.75. The van der Waals surface area contributed by atoms with Crippen LogP contribution < -0.4 is 20.1 Å². The number of hydrogen-bond acceptors (Lipinski definition) is 6. The highest BCUT2D eigenvalue weighted by atomic mass is 32.2. The topological polar surface area (TPSA) is 125 Å². The van der Waals surface area contributed by atoms with Gasteiger partial charge in [-0.3, -0.25) is 5.32 Å². The number of imidazole rings is 1. The molecule has 2 amide bonds. The Hall–Kier alpha value is -3.27. The van der Waals surface area contributed by atoms with Crippen molar-refractivity contribution in [1.29, 1.82) is 0 Å². The zero-order chi connectivity index (χ0) is 24.3. The van der Waals surface area contributed by atoms with Crippen molar-refractivity contribution in [2.75, 3.05) is 10.6 Å². The summed E-state index contributed by atoms with van der Waals surface area (Å²) in [4.78, 5) is 19.6. The lowest BCUT2D eigenvalue weighted by molar-refractivity contribution is 0.240. The van der Waals surface area contributed by atoms with E-state index >= 15 is 0 Å². The van der Waals surface area contributed by atoms with Crippen LogP contribution in [-0.2, 0) is 10.1 Å². The number of anilines is 2. The number of H-pyrrole nitrogens is 1. The summed E-state index contributed by atoms with van der Waals surface area (Å²) in [6.07, 6.45) is 5.49. The van der Waals surface area contributed by atoms with E-state index < -0.39 is 10.1 Å². The summed E-state index contributed by atoms with van der Waals surface area (Å²) in [7, 11) is -4.01. The standard InChI is InChI=1S/C24H31N5O4S/c1-4-24(2,3)29-23(30)28-22-26-20-14-11-18(15-21(20)27-22)33-34(31,32)19-12-9-17(10-13-19)25-16-7-5-6-8-16/h9-16,25H,4-8H2,1-3H3,(H3,26,27,28,29,30). The quantitative estimate of drug-likeness (QED) is 0.333. The second-order valence-electron chi connectivity index (χ2n) is 9.27. The molecule has 1 aliphatic rings. The molecule has 3 aromatic rings. The lowest BCUT2D eigenvalue weighted by atomic mass is 10.0. The molecule has 0 spiro atoms. The predicted molar refractivity (Wildman–Crippen MR) is 133 cm³/mol. The van der Waals surface area contributed by atoms with Crippen LogP contribution in [0.2, 0.25) is 0 Å². The van der Waals surface area contributed by atoms with Gasteiger partial charge in [0.2, 0.25) is 5.95 Å². The average Bonchev–Trinajstić information content (AvgIpc) is 3.42. The van der Waals surface area contributed by atoms with Crippen molar-refractivity contribution in [3.05, 3.63) is 42.5 Å². The van der Waals surface area contributed by atoms with Crippen LogP contribution in [0.5, 0.6) is 5.75 Å². The first-order chi connectivity index (χ1) is 16.1. The summed E-state index contributed by atoms with van der Waals surface area (Å²) in [5, 5.41) is 8.97. The van der Waals surface area contributed by atoms with E-state index in [4.69, 9.17) is 4.18 Å². The van der Waals surface area contributed by atoms with E-state index in [9.17, 15) is 13.2 Å². The van der Waals surface area contributed by atoms with Gasteiger partial charge in [-0.15, -0.1) is 0 Å². The van der Waals surface area contributed by atoms with Gasteiger partial charge in [-0.25, -0.2) is 9.78 Å². The van der Waals surface area contributed by atoms with Crippen molar-refractivity contribution in [2.24, 2.45) is 0 Å². The maximum Gasteiger partial charge on any atom is 0.339 e. The minimum atomic E-state index is -4.01. The van der Waals surface area contributed by atoms with Crippen molar-refractivity contribution in [3.63, 3.8) is 0 Å². The highest BCUT2D eigenvalue weighted by Crippen LogP contribution is 2.26. The van der Waals surface area contributed by atoms with Gasteiger partial charge < -0.3 is 19.8 Å². The molecule has 182 valence electrons. The zero-order valence-corrected chi connectivity index (χ0v) is 20.5. The Bertz CT molecular complexity index is 1260. The van der Waals surface area contributed by atoms with E-state index in [1.165, 1.54) is 37.1 Å². The second kappa shape index (κ2) is 9.54. The number of amides is 2. The van der Waals surface area contributed by atoms with Crippen LogP contribution in [-0.4, -0.2) is 36.0 Å². The summed E-state index contributed by atoms with van der Waals surface area (Å²) in [5.74, 6) is 0.389. The number of fused-ring (bicyclic) bond motifs is 1. The summed E-state index contributed by atoms with van der Waals surface area (Å²) in [6, 6.07) is 11.4. The lowest BCUT2D eigenvalue weighted by Gasteiger charge is -2.24. The van der Waals surface area contributed by atoms with Gasteiger partial charge in [0.1, 0.15) is 10.6 Å². The predicted octanol–water partition coefficient (Wildman–Crippen LogP) is 5.00. The Morgan fingerprint density at radius 2 is 1.85 bits per heavy atom. The van der Waals surface area contributed by atoms with E-state index in [2.05, 4.69) is 25.9 Å². The number of hydrogen-bond donors (Lipinski definition) is 4. The molecule has 1 aliphatic carbocycles. The molecule has 1 heterocycles. The van der Waals surface area contributed by atoms with Crippen molar-refractivity contribution in [2.45, 2.75) is 69.4 Å². The molecule has 0 radical (unpaired) electrons. The van der Waals surface area contributed by atoms with Crippen LogP contribution in [0.15, 0.2) is 47.4 Å². The number of urea groups is 1. The van der Waals surface area contributed by atoms with Gasteiger partial charge in [-0.1, -0.05) is 19.8 Å². The highest BCUT2D eigenvalue weighted by molar-refractivity contribution is 7.87.